The Morgan fingerprint density at radius 1 is 1.27 bits per heavy atom. The van der Waals surface area contributed by atoms with Gasteiger partial charge >= 0.3 is 12.1 Å². The molecule has 0 rings (SSSR count). The summed E-state index contributed by atoms with van der Waals surface area (Å²) in [5.74, 6) is -0.881. The van der Waals surface area contributed by atoms with Crippen LogP contribution in [0.2, 0.25) is 0 Å². The molecule has 1 atom stereocenters. The predicted molar refractivity (Wildman–Crippen MR) is 73.4 cm³/mol. The van der Waals surface area contributed by atoms with Crippen LogP contribution in [0.3, 0.4) is 0 Å². The third kappa shape index (κ3) is 10.5. The lowest BCUT2D eigenvalue weighted by atomic mass is 10.2. The zero-order valence-electron chi connectivity index (χ0n) is 13.2. The normalized spacial score (nSPS) is 12.7. The van der Waals surface area contributed by atoms with Crippen molar-refractivity contribution in [3.8, 4) is 0 Å². The summed E-state index contributed by atoms with van der Waals surface area (Å²) in [6.45, 7) is 5.02. The minimum Gasteiger partial charge on any atom is -0.569 e. The average Bonchev–Trinajstić information content (AvgIpc) is 2.39. The van der Waals surface area contributed by atoms with Crippen molar-refractivity contribution < 1.29 is 34.0 Å². The first-order valence-corrected chi connectivity index (χ1v) is 6.86. The number of hydrogen-bond acceptors (Lipinski definition) is 7. The minimum atomic E-state index is -1.08. The third-order valence-corrected chi connectivity index (χ3v) is 2.27. The molecule has 0 radical (unpaired) electrons. The molecule has 10 nitrogen and oxygen atoms in total. The van der Waals surface area contributed by atoms with Crippen LogP contribution in [0, 0.1) is 5.21 Å². The number of nitrogens with zero attached hydrogens (tertiary/aromatic N) is 3. The SMILES string of the molecule is CC(C)OC(=O)OC(C)ON=[N+]([O-])N(C)CCCCC(=O)O. The number of carbonyl (C=O) groups is 2. The highest BCUT2D eigenvalue weighted by molar-refractivity contribution is 5.66. The molecular formula is C12H23N3O7. The lowest BCUT2D eigenvalue weighted by Crippen LogP contribution is -2.28. The first-order chi connectivity index (χ1) is 10.2. The molecule has 0 spiro atoms. The Kier molecular flexibility index (Phi) is 9.39. The number of carboxylic acid groups (broad SMARTS) is 1. The van der Waals surface area contributed by atoms with E-state index < -0.39 is 18.4 Å². The van der Waals surface area contributed by atoms with Crippen LogP contribution < -0.4 is 0 Å². The van der Waals surface area contributed by atoms with Gasteiger partial charge in [0.25, 0.3) is 6.29 Å². The largest absolute Gasteiger partial charge is 0.569 e. The number of hydrogen-bond donors (Lipinski definition) is 1. The Labute approximate surface area is 128 Å². The second kappa shape index (κ2) is 10.5. The fourth-order valence-corrected chi connectivity index (χ4v) is 1.25. The van der Waals surface area contributed by atoms with Crippen LogP contribution in [-0.2, 0) is 19.1 Å². The maximum atomic E-state index is 11.5. The van der Waals surface area contributed by atoms with E-state index in [-0.39, 0.29) is 17.5 Å². The highest BCUT2D eigenvalue weighted by atomic mass is 16.8. The Bertz CT molecular complexity index is 387. The Hall–Kier alpha value is -2.26. The molecule has 0 aromatic heterocycles. The molecule has 0 bridgehead atoms. The minimum absolute atomic E-state index is 0.0448. The van der Waals surface area contributed by atoms with Gasteiger partial charge in [-0.3, -0.25) is 9.63 Å². The molecule has 0 aliphatic heterocycles. The first kappa shape index (κ1) is 19.7. The van der Waals surface area contributed by atoms with Crippen molar-refractivity contribution in [3.63, 3.8) is 0 Å². The molecule has 0 saturated heterocycles. The van der Waals surface area contributed by atoms with Crippen LogP contribution in [0.25, 0.3) is 0 Å². The van der Waals surface area contributed by atoms with Gasteiger partial charge < -0.3 is 19.8 Å². The number of carboxylic acids is 1. The van der Waals surface area contributed by atoms with E-state index in [1.54, 1.807) is 13.8 Å². The predicted octanol–water partition coefficient (Wildman–Crippen LogP) is 1.89. The molecule has 0 fully saturated rings. The summed E-state index contributed by atoms with van der Waals surface area (Å²) in [5.41, 5.74) is 0. The standard InChI is InChI=1S/C12H23N3O7/c1-9(2)20-12(18)21-10(3)22-13-15(19)14(4)8-6-5-7-11(16)17/h9-10H,5-8H2,1-4H3,(H,16,17). The monoisotopic (exact) mass is 321 g/mol. The number of aliphatic carboxylic acids is 1. The third-order valence-electron chi connectivity index (χ3n) is 2.27. The lowest BCUT2D eigenvalue weighted by molar-refractivity contribution is -0.707. The molecule has 0 aliphatic rings. The van der Waals surface area contributed by atoms with Crippen molar-refractivity contribution >= 4 is 12.1 Å². The number of rotatable bonds is 10. The van der Waals surface area contributed by atoms with E-state index in [0.717, 1.165) is 0 Å². The molecule has 0 aromatic rings. The van der Waals surface area contributed by atoms with Crippen molar-refractivity contribution in [1.82, 2.24) is 5.01 Å². The molecule has 128 valence electrons. The van der Waals surface area contributed by atoms with Gasteiger partial charge in [0.05, 0.1) is 24.7 Å². The van der Waals surface area contributed by atoms with Gasteiger partial charge in [-0.1, -0.05) is 0 Å². The van der Waals surface area contributed by atoms with Gasteiger partial charge in [-0.2, -0.15) is 0 Å². The van der Waals surface area contributed by atoms with E-state index in [1.165, 1.54) is 19.0 Å². The summed E-state index contributed by atoms with van der Waals surface area (Å²) >= 11 is 0. The second-order valence-corrected chi connectivity index (χ2v) is 4.77. The Morgan fingerprint density at radius 2 is 1.91 bits per heavy atom. The van der Waals surface area contributed by atoms with Crippen LogP contribution in [0.4, 0.5) is 4.79 Å². The van der Waals surface area contributed by atoms with Crippen LogP contribution in [0.15, 0.2) is 5.28 Å². The van der Waals surface area contributed by atoms with Gasteiger partial charge in [0.15, 0.2) is 0 Å². The highest BCUT2D eigenvalue weighted by Gasteiger charge is 2.15. The van der Waals surface area contributed by atoms with Crippen LogP contribution in [0.5, 0.6) is 0 Å². The van der Waals surface area contributed by atoms with Gasteiger partial charge in [0.2, 0.25) is 5.28 Å². The van der Waals surface area contributed by atoms with Gasteiger partial charge in [0.1, 0.15) is 0 Å². The first-order valence-electron chi connectivity index (χ1n) is 6.86. The van der Waals surface area contributed by atoms with Crippen molar-refractivity contribution in [2.45, 2.75) is 52.4 Å². The summed E-state index contributed by atoms with van der Waals surface area (Å²) < 4.78 is 9.42. The molecule has 1 N–H and O–H groups in total. The van der Waals surface area contributed by atoms with Gasteiger partial charge in [-0.15, -0.1) is 5.01 Å². The van der Waals surface area contributed by atoms with E-state index in [4.69, 9.17) is 14.7 Å². The van der Waals surface area contributed by atoms with Gasteiger partial charge in [0, 0.05) is 13.3 Å². The molecule has 22 heavy (non-hydrogen) atoms. The molecule has 0 aliphatic carbocycles. The molecular weight excluding hydrogens is 298 g/mol. The molecule has 0 heterocycles. The second-order valence-electron chi connectivity index (χ2n) is 4.77. The van der Waals surface area contributed by atoms with Gasteiger partial charge in [-0.25, -0.2) is 4.79 Å². The fraction of sp³-hybridized carbons (Fsp3) is 0.833. The fourth-order valence-electron chi connectivity index (χ4n) is 1.25. The molecule has 0 aromatic carbocycles. The molecule has 0 saturated carbocycles. The smallest absolute Gasteiger partial charge is 0.511 e. The average molecular weight is 321 g/mol. The van der Waals surface area contributed by atoms with Crippen LogP contribution in [0.1, 0.15) is 40.0 Å². The lowest BCUT2D eigenvalue weighted by Gasteiger charge is -2.14. The summed E-state index contributed by atoms with van der Waals surface area (Å²) in [6.07, 6.45) is -1.31. The van der Waals surface area contributed by atoms with Crippen LogP contribution in [-0.4, -0.2) is 53.2 Å². The summed E-state index contributed by atoms with van der Waals surface area (Å²) in [4.78, 5) is 26.4. The van der Waals surface area contributed by atoms with Crippen molar-refractivity contribution in [2.24, 2.45) is 5.28 Å². The van der Waals surface area contributed by atoms with E-state index in [1.807, 2.05) is 0 Å². The number of hydrazine groups is 1. The summed E-state index contributed by atoms with van der Waals surface area (Å²) in [6, 6.07) is 0. The number of ether oxygens (including phenoxy) is 2. The zero-order chi connectivity index (χ0) is 17.1. The topological polar surface area (TPSA) is 124 Å². The van der Waals surface area contributed by atoms with Crippen molar-refractivity contribution in [3.05, 3.63) is 5.21 Å². The summed E-state index contributed by atoms with van der Waals surface area (Å²) in [5, 5.41) is 24.4. The maximum Gasteiger partial charge on any atom is 0.511 e. The number of unbranched alkanes of at least 4 members (excludes halogenated alkanes) is 1. The Morgan fingerprint density at radius 3 is 2.45 bits per heavy atom. The van der Waals surface area contributed by atoms with E-state index in [9.17, 15) is 14.8 Å². The highest BCUT2D eigenvalue weighted by Crippen LogP contribution is 2.02. The quantitative estimate of drug-likeness (QED) is 0.161. The Balaban J connectivity index is 4.03. The van der Waals surface area contributed by atoms with Gasteiger partial charge in [-0.05, 0) is 26.7 Å². The number of carbonyl (C=O) groups excluding carboxylic acids is 1. The zero-order valence-corrected chi connectivity index (χ0v) is 13.2. The van der Waals surface area contributed by atoms with E-state index in [2.05, 4.69) is 10.0 Å². The van der Waals surface area contributed by atoms with E-state index >= 15 is 0 Å². The molecule has 0 amide bonds. The molecule has 10 heteroatoms. The summed E-state index contributed by atoms with van der Waals surface area (Å²) in [7, 11) is 1.47. The van der Waals surface area contributed by atoms with Crippen LogP contribution >= 0.6 is 0 Å². The maximum absolute atomic E-state index is 11.5. The van der Waals surface area contributed by atoms with Crippen molar-refractivity contribution in [2.75, 3.05) is 13.6 Å². The van der Waals surface area contributed by atoms with E-state index in [0.29, 0.717) is 19.4 Å². The van der Waals surface area contributed by atoms with Crippen molar-refractivity contribution in [1.29, 1.82) is 0 Å². The molecule has 1 unspecified atom stereocenters.